The fourth-order valence-electron chi connectivity index (χ4n) is 3.08. The molecule has 0 unspecified atom stereocenters. The van der Waals surface area contributed by atoms with Crippen molar-refractivity contribution >= 4 is 17.3 Å². The molecule has 1 saturated heterocycles. The molecule has 23 heavy (non-hydrogen) atoms. The lowest BCUT2D eigenvalue weighted by Crippen LogP contribution is -3.19. The van der Waals surface area contributed by atoms with E-state index in [0.29, 0.717) is 0 Å². The van der Waals surface area contributed by atoms with Gasteiger partial charge in [0.15, 0.2) is 6.04 Å². The van der Waals surface area contributed by atoms with Crippen LogP contribution in [0.4, 0.5) is 11.4 Å². The van der Waals surface area contributed by atoms with E-state index >= 15 is 0 Å². The van der Waals surface area contributed by atoms with Crippen LogP contribution < -0.4 is 15.1 Å². The first-order valence-electron chi connectivity index (χ1n) is 8.24. The molecule has 2 N–H and O–H groups in total. The summed E-state index contributed by atoms with van der Waals surface area (Å²) in [5.74, 6) is 0.0966. The Kier molecular flexibility index (Phi) is 4.93. The van der Waals surface area contributed by atoms with Crippen LogP contribution in [0.5, 0.6) is 0 Å². The van der Waals surface area contributed by atoms with E-state index in [1.807, 2.05) is 43.3 Å². The van der Waals surface area contributed by atoms with Gasteiger partial charge in [0, 0.05) is 11.4 Å². The number of nitrogens with one attached hydrogen (secondary N) is 2. The van der Waals surface area contributed by atoms with Crippen molar-refractivity contribution in [2.24, 2.45) is 0 Å². The van der Waals surface area contributed by atoms with Crippen molar-refractivity contribution in [3.8, 4) is 0 Å². The van der Waals surface area contributed by atoms with Crippen molar-refractivity contribution in [2.75, 3.05) is 36.4 Å². The van der Waals surface area contributed by atoms with Crippen LogP contribution in [0.15, 0.2) is 60.7 Å². The number of carbonyl (C=O) groups excluding carboxylic acids is 1. The van der Waals surface area contributed by atoms with Crippen LogP contribution in [0, 0.1) is 0 Å². The maximum Gasteiger partial charge on any atom is 0.282 e. The van der Waals surface area contributed by atoms with Gasteiger partial charge in [-0.1, -0.05) is 36.4 Å². The Morgan fingerprint density at radius 2 is 1.57 bits per heavy atom. The third kappa shape index (κ3) is 3.90. The zero-order valence-corrected chi connectivity index (χ0v) is 13.5. The smallest absolute Gasteiger partial charge is 0.282 e. The highest BCUT2D eigenvalue weighted by molar-refractivity contribution is 5.93. The van der Waals surface area contributed by atoms with Crippen molar-refractivity contribution < 1.29 is 9.69 Å². The summed E-state index contributed by atoms with van der Waals surface area (Å²) in [6, 6.07) is 20.1. The highest BCUT2D eigenvalue weighted by atomic mass is 16.2. The maximum absolute atomic E-state index is 12.4. The lowest BCUT2D eigenvalue weighted by atomic mass is 10.2. The van der Waals surface area contributed by atoms with Crippen LogP contribution in [0.1, 0.15) is 6.92 Å². The number of hydrogen-bond donors (Lipinski definition) is 2. The SMILES string of the molecule is C[C@H](C(=O)Nc1ccccc1)[NH+]1CCN(c2ccccc2)CC1. The molecule has 1 fully saturated rings. The molecule has 4 heteroatoms. The van der Waals surface area contributed by atoms with Crippen LogP contribution in [0.25, 0.3) is 0 Å². The minimum Gasteiger partial charge on any atom is -0.360 e. The molecule has 0 aromatic heterocycles. The van der Waals surface area contributed by atoms with Gasteiger partial charge < -0.3 is 15.1 Å². The number of amides is 1. The molecule has 4 nitrogen and oxygen atoms in total. The number of quaternary nitrogens is 1. The molecule has 1 heterocycles. The quantitative estimate of drug-likeness (QED) is 0.896. The Hall–Kier alpha value is -2.33. The molecule has 0 bridgehead atoms. The van der Waals surface area contributed by atoms with Gasteiger partial charge in [0.25, 0.3) is 5.91 Å². The van der Waals surface area contributed by atoms with E-state index in [0.717, 1.165) is 31.9 Å². The molecule has 3 rings (SSSR count). The summed E-state index contributed by atoms with van der Waals surface area (Å²) in [5, 5.41) is 3.01. The van der Waals surface area contributed by atoms with E-state index in [-0.39, 0.29) is 11.9 Å². The van der Waals surface area contributed by atoms with Crippen molar-refractivity contribution in [3.05, 3.63) is 60.7 Å². The molecule has 1 atom stereocenters. The molecule has 1 aliphatic heterocycles. The van der Waals surface area contributed by atoms with Crippen molar-refractivity contribution in [1.29, 1.82) is 0 Å². The Labute approximate surface area is 137 Å². The van der Waals surface area contributed by atoms with Gasteiger partial charge in [0.05, 0.1) is 26.2 Å². The Balaban J connectivity index is 1.53. The standard InChI is InChI=1S/C19H23N3O/c1-16(19(23)20-17-8-4-2-5-9-17)21-12-14-22(15-13-21)18-10-6-3-7-11-18/h2-11,16H,12-15H2,1H3,(H,20,23)/p+1/t16-/m1/s1. The van der Waals surface area contributed by atoms with E-state index < -0.39 is 0 Å². The monoisotopic (exact) mass is 310 g/mol. The van der Waals surface area contributed by atoms with Crippen LogP contribution in [-0.2, 0) is 4.79 Å². The number of nitrogens with zero attached hydrogens (tertiary/aromatic N) is 1. The summed E-state index contributed by atoms with van der Waals surface area (Å²) < 4.78 is 0. The average molecular weight is 310 g/mol. The second-order valence-electron chi connectivity index (χ2n) is 6.06. The molecule has 0 spiro atoms. The Bertz CT molecular complexity index is 622. The lowest BCUT2D eigenvalue weighted by Gasteiger charge is -2.36. The molecule has 2 aromatic rings. The average Bonchev–Trinajstić information content (AvgIpc) is 2.63. The fraction of sp³-hybridized carbons (Fsp3) is 0.316. The van der Waals surface area contributed by atoms with E-state index in [1.165, 1.54) is 10.6 Å². The van der Waals surface area contributed by atoms with Crippen molar-refractivity contribution in [3.63, 3.8) is 0 Å². The number of rotatable bonds is 4. The van der Waals surface area contributed by atoms with Crippen molar-refractivity contribution in [1.82, 2.24) is 0 Å². The molecule has 1 amide bonds. The summed E-state index contributed by atoms with van der Waals surface area (Å²) >= 11 is 0. The van der Waals surface area contributed by atoms with E-state index in [9.17, 15) is 4.79 Å². The van der Waals surface area contributed by atoms with Gasteiger partial charge in [0.1, 0.15) is 0 Å². The first-order valence-corrected chi connectivity index (χ1v) is 8.24. The van der Waals surface area contributed by atoms with E-state index in [2.05, 4.69) is 34.5 Å². The number of para-hydroxylation sites is 2. The molecule has 1 aliphatic rings. The first kappa shape index (κ1) is 15.6. The van der Waals surface area contributed by atoms with Crippen molar-refractivity contribution in [2.45, 2.75) is 13.0 Å². The lowest BCUT2D eigenvalue weighted by molar-refractivity contribution is -0.914. The van der Waals surface area contributed by atoms with Gasteiger partial charge in [-0.05, 0) is 31.2 Å². The fourth-order valence-corrected chi connectivity index (χ4v) is 3.08. The van der Waals surface area contributed by atoms with Crippen LogP contribution in [0.3, 0.4) is 0 Å². The molecule has 2 aromatic carbocycles. The molecular formula is C19H24N3O+. The minimum atomic E-state index is -0.0341. The molecule has 0 radical (unpaired) electrons. The minimum absolute atomic E-state index is 0.0341. The summed E-state index contributed by atoms with van der Waals surface area (Å²) in [7, 11) is 0. The Morgan fingerprint density at radius 1 is 1.00 bits per heavy atom. The summed E-state index contributed by atoms with van der Waals surface area (Å²) in [6.45, 7) is 5.97. The molecule has 0 saturated carbocycles. The third-order valence-corrected chi connectivity index (χ3v) is 4.57. The van der Waals surface area contributed by atoms with E-state index in [1.54, 1.807) is 0 Å². The van der Waals surface area contributed by atoms with Gasteiger partial charge in [-0.15, -0.1) is 0 Å². The number of anilines is 2. The largest absolute Gasteiger partial charge is 0.360 e. The van der Waals surface area contributed by atoms with Gasteiger partial charge in [0.2, 0.25) is 0 Å². The highest BCUT2D eigenvalue weighted by Gasteiger charge is 2.29. The topological polar surface area (TPSA) is 36.8 Å². The first-order chi connectivity index (χ1) is 11.2. The molecular weight excluding hydrogens is 286 g/mol. The predicted molar refractivity (Wildman–Crippen MR) is 93.9 cm³/mol. The number of hydrogen-bond acceptors (Lipinski definition) is 2. The highest BCUT2D eigenvalue weighted by Crippen LogP contribution is 2.12. The summed E-state index contributed by atoms with van der Waals surface area (Å²) in [4.78, 5) is 16.2. The summed E-state index contributed by atoms with van der Waals surface area (Å²) in [6.07, 6.45) is 0. The molecule has 0 aliphatic carbocycles. The molecule has 120 valence electrons. The Morgan fingerprint density at radius 3 is 2.17 bits per heavy atom. The maximum atomic E-state index is 12.4. The second kappa shape index (κ2) is 7.29. The number of carbonyl (C=O) groups is 1. The normalized spacial score (nSPS) is 16.8. The summed E-state index contributed by atoms with van der Waals surface area (Å²) in [5.41, 5.74) is 2.14. The van der Waals surface area contributed by atoms with Gasteiger partial charge in [-0.3, -0.25) is 4.79 Å². The zero-order valence-electron chi connectivity index (χ0n) is 13.5. The van der Waals surface area contributed by atoms with Gasteiger partial charge in [-0.2, -0.15) is 0 Å². The van der Waals surface area contributed by atoms with Gasteiger partial charge in [-0.25, -0.2) is 0 Å². The number of benzene rings is 2. The van der Waals surface area contributed by atoms with Gasteiger partial charge >= 0.3 is 0 Å². The van der Waals surface area contributed by atoms with Crippen LogP contribution in [0.2, 0.25) is 0 Å². The second-order valence-corrected chi connectivity index (χ2v) is 6.06. The number of piperazine rings is 1. The van der Waals surface area contributed by atoms with Crippen LogP contribution >= 0.6 is 0 Å². The third-order valence-electron chi connectivity index (χ3n) is 4.57. The predicted octanol–water partition coefficient (Wildman–Crippen LogP) is 1.42. The van der Waals surface area contributed by atoms with E-state index in [4.69, 9.17) is 0 Å². The van der Waals surface area contributed by atoms with Crippen LogP contribution in [-0.4, -0.2) is 38.1 Å². The zero-order chi connectivity index (χ0) is 16.1.